The molecule has 0 saturated heterocycles. The molecule has 3 rings (SSSR count). The number of hydrogen-bond donors (Lipinski definition) is 2. The third-order valence-electron chi connectivity index (χ3n) is 5.29. The summed E-state index contributed by atoms with van der Waals surface area (Å²) in [6, 6.07) is 3.75. The molecule has 1 aromatic carbocycles. The first-order chi connectivity index (χ1) is 10.8. The van der Waals surface area contributed by atoms with Crippen LogP contribution in [0.1, 0.15) is 65.5 Å². The number of aliphatic hydroxyl groups is 1. The van der Waals surface area contributed by atoms with Gasteiger partial charge in [0.1, 0.15) is 0 Å². The highest BCUT2D eigenvalue weighted by atomic mass is 16.3. The number of nitrogens with two attached hydrogens (primary N) is 1. The third-order valence-corrected chi connectivity index (χ3v) is 5.29. The Morgan fingerprint density at radius 3 is 2.61 bits per heavy atom. The molecular weight excluding hydrogens is 290 g/mol. The molecule has 0 radical (unpaired) electrons. The summed E-state index contributed by atoms with van der Waals surface area (Å²) in [5.41, 5.74) is 9.32. The van der Waals surface area contributed by atoms with Crippen LogP contribution >= 0.6 is 0 Å². The van der Waals surface area contributed by atoms with E-state index in [1.807, 2.05) is 6.07 Å². The normalized spacial score (nSPS) is 21.0. The molecule has 2 aliphatic carbocycles. The highest BCUT2D eigenvalue weighted by Gasteiger charge is 2.38. The molecule has 122 valence electrons. The number of Topliss-reactive ketones (excluding diaryl/α,β-unsaturated/α-hetero) is 2. The molecule has 1 unspecified atom stereocenters. The van der Waals surface area contributed by atoms with E-state index < -0.39 is 5.92 Å². The largest absolute Gasteiger partial charge is 0.396 e. The van der Waals surface area contributed by atoms with Crippen molar-refractivity contribution in [3.8, 4) is 0 Å². The summed E-state index contributed by atoms with van der Waals surface area (Å²) < 4.78 is 0. The van der Waals surface area contributed by atoms with Crippen molar-refractivity contribution in [2.45, 2.75) is 45.4 Å². The Kier molecular flexibility index (Phi) is 3.68. The van der Waals surface area contributed by atoms with E-state index in [4.69, 9.17) is 5.73 Å². The van der Waals surface area contributed by atoms with Gasteiger partial charge in [0, 0.05) is 29.2 Å². The summed E-state index contributed by atoms with van der Waals surface area (Å²) in [5, 5.41) is 9.36. The maximum atomic E-state index is 12.9. The molecule has 1 atom stereocenters. The number of carbonyl (C=O) groups excluding carboxylic acids is 2. The van der Waals surface area contributed by atoms with Crippen LogP contribution < -0.4 is 5.73 Å². The standard InChI is InChI=1S/C19H23NO3/c1-10(9-21)14-16(20)18(23)15-11-5-4-8-19(2,3)13(11)7-6-12(15)17(14)22/h6-7,10,21H,4-5,8-9,20H2,1-3H3. The average molecular weight is 313 g/mol. The lowest BCUT2D eigenvalue weighted by molar-refractivity contribution is 0.0956. The van der Waals surface area contributed by atoms with E-state index in [1.165, 1.54) is 0 Å². The van der Waals surface area contributed by atoms with Gasteiger partial charge in [-0.15, -0.1) is 0 Å². The first-order valence-corrected chi connectivity index (χ1v) is 8.16. The number of benzene rings is 1. The number of fused-ring (bicyclic) bond motifs is 3. The summed E-state index contributed by atoms with van der Waals surface area (Å²) in [5.74, 6) is -0.915. The molecule has 3 N–H and O–H groups in total. The lowest BCUT2D eigenvalue weighted by atomic mass is 9.68. The monoisotopic (exact) mass is 313 g/mol. The van der Waals surface area contributed by atoms with E-state index in [-0.39, 0.29) is 34.9 Å². The van der Waals surface area contributed by atoms with Crippen molar-refractivity contribution in [1.29, 1.82) is 0 Å². The Balaban J connectivity index is 2.24. The van der Waals surface area contributed by atoms with Crippen molar-refractivity contribution >= 4 is 11.6 Å². The van der Waals surface area contributed by atoms with E-state index in [2.05, 4.69) is 13.8 Å². The topological polar surface area (TPSA) is 80.4 Å². The van der Waals surface area contributed by atoms with Gasteiger partial charge >= 0.3 is 0 Å². The van der Waals surface area contributed by atoms with Crippen molar-refractivity contribution < 1.29 is 14.7 Å². The first-order valence-electron chi connectivity index (χ1n) is 8.16. The molecule has 4 nitrogen and oxygen atoms in total. The van der Waals surface area contributed by atoms with E-state index in [0.717, 1.165) is 30.4 Å². The number of aliphatic hydroxyl groups excluding tert-OH is 1. The second-order valence-corrected chi connectivity index (χ2v) is 7.32. The second-order valence-electron chi connectivity index (χ2n) is 7.32. The number of rotatable bonds is 2. The number of carbonyl (C=O) groups is 2. The van der Waals surface area contributed by atoms with E-state index in [0.29, 0.717) is 11.1 Å². The van der Waals surface area contributed by atoms with Gasteiger partial charge in [0.25, 0.3) is 0 Å². The van der Waals surface area contributed by atoms with Crippen LogP contribution in [0.25, 0.3) is 0 Å². The summed E-state index contributed by atoms with van der Waals surface area (Å²) in [4.78, 5) is 25.7. The average Bonchev–Trinajstić information content (AvgIpc) is 2.51. The quantitative estimate of drug-likeness (QED) is 0.879. The van der Waals surface area contributed by atoms with Crippen molar-refractivity contribution in [2.24, 2.45) is 11.7 Å². The highest BCUT2D eigenvalue weighted by Crippen LogP contribution is 2.41. The number of ketones is 2. The minimum absolute atomic E-state index is 0.000768. The zero-order valence-electron chi connectivity index (χ0n) is 13.9. The number of hydrogen-bond acceptors (Lipinski definition) is 4. The van der Waals surface area contributed by atoms with Crippen molar-refractivity contribution in [3.05, 3.63) is 45.7 Å². The molecule has 0 heterocycles. The van der Waals surface area contributed by atoms with Gasteiger partial charge in [0.15, 0.2) is 5.78 Å². The predicted octanol–water partition coefficient (Wildman–Crippen LogP) is 2.52. The summed E-state index contributed by atoms with van der Waals surface area (Å²) in [6.07, 6.45) is 2.87. The fourth-order valence-electron chi connectivity index (χ4n) is 3.94. The van der Waals surface area contributed by atoms with Gasteiger partial charge in [-0.05, 0) is 41.9 Å². The van der Waals surface area contributed by atoms with Crippen LogP contribution in [0.5, 0.6) is 0 Å². The van der Waals surface area contributed by atoms with Crippen molar-refractivity contribution in [2.75, 3.05) is 6.61 Å². The minimum atomic E-state index is -0.438. The Labute approximate surface area is 136 Å². The van der Waals surface area contributed by atoms with E-state index in [1.54, 1.807) is 13.0 Å². The van der Waals surface area contributed by atoms with Crippen molar-refractivity contribution in [3.63, 3.8) is 0 Å². The summed E-state index contributed by atoms with van der Waals surface area (Å²) in [6.45, 7) is 5.85. The van der Waals surface area contributed by atoms with E-state index in [9.17, 15) is 14.7 Å². The highest BCUT2D eigenvalue weighted by molar-refractivity contribution is 6.27. The third kappa shape index (κ3) is 2.24. The predicted molar refractivity (Wildman–Crippen MR) is 88.5 cm³/mol. The minimum Gasteiger partial charge on any atom is -0.396 e. The van der Waals surface area contributed by atoms with Crippen LogP contribution in [0.15, 0.2) is 23.4 Å². The van der Waals surface area contributed by atoms with Gasteiger partial charge in [-0.1, -0.05) is 26.8 Å². The first kappa shape index (κ1) is 15.9. The van der Waals surface area contributed by atoms with Gasteiger partial charge in [0.2, 0.25) is 5.78 Å². The number of allylic oxidation sites excluding steroid dienone is 1. The molecule has 2 aliphatic rings. The maximum absolute atomic E-state index is 12.9. The van der Waals surface area contributed by atoms with Crippen LogP contribution in [-0.2, 0) is 11.8 Å². The summed E-state index contributed by atoms with van der Waals surface area (Å²) in [7, 11) is 0. The molecule has 0 aliphatic heterocycles. The fourth-order valence-corrected chi connectivity index (χ4v) is 3.94. The maximum Gasteiger partial charge on any atom is 0.210 e. The Morgan fingerprint density at radius 1 is 1.26 bits per heavy atom. The Bertz CT molecular complexity index is 743. The lowest BCUT2D eigenvalue weighted by Crippen LogP contribution is -2.34. The van der Waals surface area contributed by atoms with Gasteiger partial charge in [-0.3, -0.25) is 9.59 Å². The molecule has 0 bridgehead atoms. The Hall–Kier alpha value is -1.94. The van der Waals surface area contributed by atoms with Crippen LogP contribution in [-0.4, -0.2) is 23.3 Å². The van der Waals surface area contributed by atoms with Crippen LogP contribution in [0.3, 0.4) is 0 Å². The molecule has 0 saturated carbocycles. The van der Waals surface area contributed by atoms with E-state index >= 15 is 0 Å². The molecular formula is C19H23NO3. The zero-order valence-corrected chi connectivity index (χ0v) is 13.9. The summed E-state index contributed by atoms with van der Waals surface area (Å²) >= 11 is 0. The SMILES string of the molecule is CC(CO)C1=C(N)C(=O)c2c(ccc3c2CCCC3(C)C)C1=O. The molecule has 0 fully saturated rings. The van der Waals surface area contributed by atoms with Crippen LogP contribution in [0.4, 0.5) is 0 Å². The molecule has 1 aromatic rings. The van der Waals surface area contributed by atoms with Gasteiger partial charge in [-0.2, -0.15) is 0 Å². The van der Waals surface area contributed by atoms with Crippen LogP contribution in [0.2, 0.25) is 0 Å². The smallest absolute Gasteiger partial charge is 0.210 e. The second kappa shape index (κ2) is 5.31. The van der Waals surface area contributed by atoms with Gasteiger partial charge in [0.05, 0.1) is 5.70 Å². The lowest BCUT2D eigenvalue weighted by Gasteiger charge is -2.35. The Morgan fingerprint density at radius 2 is 1.96 bits per heavy atom. The fraction of sp³-hybridized carbons (Fsp3) is 0.474. The van der Waals surface area contributed by atoms with Crippen molar-refractivity contribution in [1.82, 2.24) is 0 Å². The molecule has 0 aromatic heterocycles. The van der Waals surface area contributed by atoms with Gasteiger partial charge < -0.3 is 10.8 Å². The molecule has 0 spiro atoms. The van der Waals surface area contributed by atoms with Gasteiger partial charge in [-0.25, -0.2) is 0 Å². The zero-order chi connectivity index (χ0) is 16.9. The van der Waals surface area contributed by atoms with Crippen LogP contribution in [0, 0.1) is 5.92 Å². The molecule has 4 heteroatoms. The molecule has 23 heavy (non-hydrogen) atoms. The molecule has 0 amide bonds.